The molecule has 1 amide bonds. The molecule has 1 fully saturated rings. The Morgan fingerprint density at radius 3 is 2.58 bits per heavy atom. The molecule has 1 saturated heterocycles. The quantitative estimate of drug-likeness (QED) is 0.592. The molecular weight excluding hydrogens is 310 g/mol. The standard InChI is InChI=1S/C17H25N3O4/c21-16(18-6-7-20-8-10-24-11-9-20)12-15(17(22)23)19-13-14-4-2-1-3-5-14/h1-5,15,19H,6-13H2,(H,18,21)(H,22,23)/t15-/m0/s1. The van der Waals surface area contributed by atoms with Gasteiger partial charge in [0.25, 0.3) is 0 Å². The van der Waals surface area contributed by atoms with Crippen LogP contribution < -0.4 is 10.6 Å². The van der Waals surface area contributed by atoms with E-state index in [0.717, 1.165) is 38.4 Å². The Kier molecular flexibility index (Phi) is 7.67. The van der Waals surface area contributed by atoms with Crippen LogP contribution in [0.2, 0.25) is 0 Å². The summed E-state index contributed by atoms with van der Waals surface area (Å²) in [5.74, 6) is -1.27. The first-order chi connectivity index (χ1) is 11.6. The van der Waals surface area contributed by atoms with Crippen molar-refractivity contribution in [3.05, 3.63) is 35.9 Å². The predicted molar refractivity (Wildman–Crippen MR) is 89.6 cm³/mol. The van der Waals surface area contributed by atoms with Crippen molar-refractivity contribution in [2.75, 3.05) is 39.4 Å². The van der Waals surface area contributed by atoms with E-state index < -0.39 is 12.0 Å². The van der Waals surface area contributed by atoms with E-state index in [1.165, 1.54) is 0 Å². The lowest BCUT2D eigenvalue weighted by Gasteiger charge is -2.26. The first-order valence-corrected chi connectivity index (χ1v) is 8.22. The Bertz CT molecular complexity index is 518. The number of aliphatic carboxylic acids is 1. The van der Waals surface area contributed by atoms with Crippen LogP contribution in [0.15, 0.2) is 30.3 Å². The van der Waals surface area contributed by atoms with Crippen LogP contribution in [0.25, 0.3) is 0 Å². The molecule has 0 radical (unpaired) electrons. The lowest BCUT2D eigenvalue weighted by atomic mass is 10.1. The fourth-order valence-electron chi connectivity index (χ4n) is 2.52. The molecule has 0 saturated carbocycles. The maximum absolute atomic E-state index is 12.0. The lowest BCUT2D eigenvalue weighted by molar-refractivity contribution is -0.141. The summed E-state index contributed by atoms with van der Waals surface area (Å²) in [6.45, 7) is 4.86. The van der Waals surface area contributed by atoms with Crippen LogP contribution in [-0.4, -0.2) is 67.3 Å². The molecule has 1 atom stereocenters. The van der Waals surface area contributed by atoms with Gasteiger partial charge in [0.2, 0.25) is 5.91 Å². The van der Waals surface area contributed by atoms with Gasteiger partial charge in [-0.05, 0) is 5.56 Å². The highest BCUT2D eigenvalue weighted by Gasteiger charge is 2.20. The number of carboxylic acids is 1. The predicted octanol–water partition coefficient (Wildman–Crippen LogP) is 0.0679. The molecule has 0 spiro atoms. The Morgan fingerprint density at radius 1 is 1.21 bits per heavy atom. The van der Waals surface area contributed by atoms with E-state index in [1.54, 1.807) is 0 Å². The summed E-state index contributed by atoms with van der Waals surface area (Å²) >= 11 is 0. The van der Waals surface area contributed by atoms with Crippen molar-refractivity contribution in [2.45, 2.75) is 19.0 Å². The van der Waals surface area contributed by atoms with E-state index in [4.69, 9.17) is 4.74 Å². The molecule has 0 unspecified atom stereocenters. The van der Waals surface area contributed by atoms with Crippen LogP contribution >= 0.6 is 0 Å². The Hall–Kier alpha value is -1.96. The van der Waals surface area contributed by atoms with E-state index in [0.29, 0.717) is 13.1 Å². The zero-order chi connectivity index (χ0) is 17.2. The summed E-state index contributed by atoms with van der Waals surface area (Å²) in [5, 5.41) is 15.0. The van der Waals surface area contributed by atoms with Gasteiger partial charge in [0, 0.05) is 32.7 Å². The van der Waals surface area contributed by atoms with Gasteiger partial charge in [-0.1, -0.05) is 30.3 Å². The SMILES string of the molecule is O=C(C[C@H](NCc1ccccc1)C(=O)O)NCCN1CCOCC1. The van der Waals surface area contributed by atoms with E-state index in [9.17, 15) is 14.7 Å². The number of nitrogens with one attached hydrogen (secondary N) is 2. The molecule has 1 heterocycles. The van der Waals surface area contributed by atoms with Crippen LogP contribution in [0.4, 0.5) is 0 Å². The third-order valence-corrected chi connectivity index (χ3v) is 3.94. The first-order valence-electron chi connectivity index (χ1n) is 8.22. The van der Waals surface area contributed by atoms with Gasteiger partial charge in [-0.25, -0.2) is 0 Å². The largest absolute Gasteiger partial charge is 0.480 e. The van der Waals surface area contributed by atoms with E-state index >= 15 is 0 Å². The summed E-state index contributed by atoms with van der Waals surface area (Å²) in [6, 6.07) is 8.62. The molecule has 1 aliphatic heterocycles. The van der Waals surface area contributed by atoms with Crippen molar-refractivity contribution in [3.8, 4) is 0 Å². The molecule has 132 valence electrons. The molecule has 0 aliphatic carbocycles. The molecule has 1 aromatic carbocycles. The van der Waals surface area contributed by atoms with Crippen molar-refractivity contribution in [1.82, 2.24) is 15.5 Å². The van der Waals surface area contributed by atoms with E-state index in [1.807, 2.05) is 30.3 Å². The highest BCUT2D eigenvalue weighted by Crippen LogP contribution is 2.01. The average molecular weight is 335 g/mol. The monoisotopic (exact) mass is 335 g/mol. The molecule has 0 bridgehead atoms. The number of carbonyl (C=O) groups is 2. The van der Waals surface area contributed by atoms with Crippen LogP contribution in [0.3, 0.4) is 0 Å². The second-order valence-electron chi connectivity index (χ2n) is 5.77. The maximum atomic E-state index is 12.0. The number of benzene rings is 1. The normalized spacial score (nSPS) is 16.5. The Morgan fingerprint density at radius 2 is 1.92 bits per heavy atom. The topological polar surface area (TPSA) is 90.9 Å². The smallest absolute Gasteiger partial charge is 0.321 e. The number of hydrogen-bond acceptors (Lipinski definition) is 5. The molecule has 3 N–H and O–H groups in total. The molecule has 7 nitrogen and oxygen atoms in total. The molecule has 0 aromatic heterocycles. The molecule has 7 heteroatoms. The van der Waals surface area contributed by atoms with Gasteiger partial charge in [-0.3, -0.25) is 19.8 Å². The fraction of sp³-hybridized carbons (Fsp3) is 0.529. The summed E-state index contributed by atoms with van der Waals surface area (Å²) in [6.07, 6.45) is -0.0781. The maximum Gasteiger partial charge on any atom is 0.321 e. The Balaban J connectivity index is 1.69. The molecular formula is C17H25N3O4. The van der Waals surface area contributed by atoms with Crippen LogP contribution in [0.5, 0.6) is 0 Å². The highest BCUT2D eigenvalue weighted by atomic mass is 16.5. The summed E-state index contributed by atoms with van der Waals surface area (Å²) in [5.41, 5.74) is 0.983. The van der Waals surface area contributed by atoms with Gasteiger partial charge in [0.15, 0.2) is 0 Å². The zero-order valence-corrected chi connectivity index (χ0v) is 13.7. The molecule has 2 rings (SSSR count). The zero-order valence-electron chi connectivity index (χ0n) is 13.7. The fourth-order valence-corrected chi connectivity index (χ4v) is 2.52. The number of rotatable bonds is 9. The van der Waals surface area contributed by atoms with Gasteiger partial charge >= 0.3 is 5.97 Å². The van der Waals surface area contributed by atoms with Crippen LogP contribution in [0.1, 0.15) is 12.0 Å². The first kappa shape index (κ1) is 18.4. The summed E-state index contributed by atoms with van der Waals surface area (Å²) in [4.78, 5) is 25.5. The van der Waals surface area contributed by atoms with Crippen molar-refractivity contribution in [2.24, 2.45) is 0 Å². The Labute approximate surface area is 142 Å². The number of amides is 1. The van der Waals surface area contributed by atoms with Crippen LogP contribution in [-0.2, 0) is 20.9 Å². The van der Waals surface area contributed by atoms with E-state index in [2.05, 4.69) is 15.5 Å². The number of nitrogens with zero attached hydrogens (tertiary/aromatic N) is 1. The molecule has 1 aromatic rings. The van der Waals surface area contributed by atoms with Crippen molar-refractivity contribution >= 4 is 11.9 Å². The number of hydrogen-bond donors (Lipinski definition) is 3. The minimum Gasteiger partial charge on any atom is -0.480 e. The number of carbonyl (C=O) groups excluding carboxylic acids is 1. The highest BCUT2D eigenvalue weighted by molar-refractivity contribution is 5.84. The minimum absolute atomic E-state index is 0.0781. The second kappa shape index (κ2) is 10.0. The third-order valence-electron chi connectivity index (χ3n) is 3.94. The van der Waals surface area contributed by atoms with Gasteiger partial charge in [0.05, 0.1) is 19.6 Å². The van der Waals surface area contributed by atoms with Gasteiger partial charge in [-0.2, -0.15) is 0 Å². The van der Waals surface area contributed by atoms with Crippen molar-refractivity contribution in [3.63, 3.8) is 0 Å². The van der Waals surface area contributed by atoms with Crippen molar-refractivity contribution < 1.29 is 19.4 Å². The molecule has 1 aliphatic rings. The lowest BCUT2D eigenvalue weighted by Crippen LogP contribution is -2.44. The number of ether oxygens (including phenoxy) is 1. The van der Waals surface area contributed by atoms with Gasteiger partial charge < -0.3 is 15.2 Å². The minimum atomic E-state index is -1.02. The van der Waals surface area contributed by atoms with E-state index in [-0.39, 0.29) is 12.3 Å². The molecule has 24 heavy (non-hydrogen) atoms. The summed E-state index contributed by atoms with van der Waals surface area (Å²) in [7, 11) is 0. The number of morpholine rings is 1. The van der Waals surface area contributed by atoms with Gasteiger partial charge in [0.1, 0.15) is 6.04 Å². The van der Waals surface area contributed by atoms with Crippen molar-refractivity contribution in [1.29, 1.82) is 0 Å². The second-order valence-corrected chi connectivity index (χ2v) is 5.77. The van der Waals surface area contributed by atoms with Gasteiger partial charge in [-0.15, -0.1) is 0 Å². The average Bonchev–Trinajstić information content (AvgIpc) is 2.60. The summed E-state index contributed by atoms with van der Waals surface area (Å²) < 4.78 is 5.27. The van der Waals surface area contributed by atoms with Crippen LogP contribution in [0, 0.1) is 0 Å². The third kappa shape index (κ3) is 6.66. The number of carboxylic acid groups (broad SMARTS) is 1.